The van der Waals surface area contributed by atoms with E-state index < -0.39 is 23.3 Å². The van der Waals surface area contributed by atoms with Gasteiger partial charge < -0.3 is 16.2 Å². The molecule has 0 aliphatic rings. The molecule has 0 spiro atoms. The van der Waals surface area contributed by atoms with Crippen LogP contribution in [-0.4, -0.2) is 28.4 Å². The molecule has 0 atom stereocenters. The lowest BCUT2D eigenvalue weighted by Gasteiger charge is -2.22. The second-order valence-corrected chi connectivity index (χ2v) is 4.74. The van der Waals surface area contributed by atoms with E-state index in [9.17, 15) is 14.4 Å². The zero-order chi connectivity index (χ0) is 15.3. The molecular weight excluding hydrogens is 260 g/mol. The van der Waals surface area contributed by atoms with Crippen molar-refractivity contribution in [3.05, 3.63) is 41.5 Å². The maximum absolute atomic E-state index is 11.9. The molecule has 0 heterocycles. The Morgan fingerprint density at radius 2 is 1.75 bits per heavy atom. The zero-order valence-electron chi connectivity index (χ0n) is 11.2. The number of carbonyl (C=O) groups excluding carboxylic acids is 2. The summed E-state index contributed by atoms with van der Waals surface area (Å²) in [6, 6.07) is 6.28. The monoisotopic (exact) mass is 276 g/mol. The van der Waals surface area contributed by atoms with Gasteiger partial charge in [-0.2, -0.15) is 0 Å². The maximum atomic E-state index is 11.9. The highest BCUT2D eigenvalue weighted by Crippen LogP contribution is 2.08. The molecule has 0 aliphatic carbocycles. The third-order valence-electron chi connectivity index (χ3n) is 2.63. The van der Waals surface area contributed by atoms with Gasteiger partial charge in [0.2, 0.25) is 5.91 Å². The number of carboxylic acid groups (broad SMARTS) is 1. The summed E-state index contributed by atoms with van der Waals surface area (Å²) >= 11 is 0. The number of nitrogens with one attached hydrogen (secondary N) is 1. The molecule has 0 unspecified atom stereocenters. The van der Waals surface area contributed by atoms with Gasteiger partial charge in [0, 0.05) is 11.6 Å². The third-order valence-corrected chi connectivity index (χ3v) is 2.63. The van der Waals surface area contributed by atoms with Gasteiger partial charge in [-0.25, -0.2) is 4.79 Å². The highest BCUT2D eigenvalue weighted by atomic mass is 16.4. The van der Waals surface area contributed by atoms with Crippen LogP contribution in [0, 0.1) is 0 Å². The van der Waals surface area contributed by atoms with Crippen LogP contribution in [0.15, 0.2) is 30.3 Å². The predicted octanol–water partition coefficient (Wildman–Crippen LogP) is 0.778. The molecule has 0 radical (unpaired) electrons. The maximum Gasteiger partial charge on any atom is 0.328 e. The number of rotatable bonds is 5. The molecule has 1 rings (SSSR count). The second-order valence-electron chi connectivity index (χ2n) is 4.74. The van der Waals surface area contributed by atoms with Crippen molar-refractivity contribution >= 4 is 23.9 Å². The summed E-state index contributed by atoms with van der Waals surface area (Å²) in [5, 5.41) is 11.0. The van der Waals surface area contributed by atoms with Crippen molar-refractivity contribution in [1.82, 2.24) is 5.32 Å². The fourth-order valence-corrected chi connectivity index (χ4v) is 1.33. The Kier molecular flexibility index (Phi) is 4.63. The molecule has 0 aromatic heterocycles. The van der Waals surface area contributed by atoms with Gasteiger partial charge in [0.05, 0.1) is 0 Å². The van der Waals surface area contributed by atoms with Gasteiger partial charge in [-0.15, -0.1) is 0 Å². The van der Waals surface area contributed by atoms with E-state index in [4.69, 9.17) is 10.8 Å². The number of amides is 2. The number of hydrogen-bond donors (Lipinski definition) is 3. The number of primary amides is 1. The Balaban J connectivity index is 2.81. The normalized spacial score (nSPS) is 11.3. The molecule has 106 valence electrons. The van der Waals surface area contributed by atoms with Gasteiger partial charge in [0.1, 0.15) is 5.54 Å². The lowest BCUT2D eigenvalue weighted by atomic mass is 10.0. The lowest BCUT2D eigenvalue weighted by Crippen LogP contribution is -2.52. The van der Waals surface area contributed by atoms with Crippen LogP contribution in [0.4, 0.5) is 0 Å². The van der Waals surface area contributed by atoms with Gasteiger partial charge in [-0.1, -0.05) is 12.1 Å². The van der Waals surface area contributed by atoms with E-state index in [1.165, 1.54) is 32.1 Å². The number of nitrogens with two attached hydrogens (primary N) is 1. The highest BCUT2D eigenvalue weighted by molar-refractivity contribution is 5.98. The van der Waals surface area contributed by atoms with E-state index in [-0.39, 0.29) is 0 Å². The van der Waals surface area contributed by atoms with Gasteiger partial charge in [0.25, 0.3) is 5.91 Å². The molecular formula is C14H16N2O4. The van der Waals surface area contributed by atoms with Crippen molar-refractivity contribution < 1.29 is 19.5 Å². The van der Waals surface area contributed by atoms with Crippen molar-refractivity contribution in [1.29, 1.82) is 0 Å². The first-order valence-corrected chi connectivity index (χ1v) is 5.86. The van der Waals surface area contributed by atoms with Crippen LogP contribution in [0.5, 0.6) is 0 Å². The molecule has 1 aromatic carbocycles. The molecule has 0 bridgehead atoms. The number of carboxylic acids is 1. The SMILES string of the molecule is CC(C)(NC(=O)c1ccc(C=CC(=O)O)cc1)C(N)=O. The quantitative estimate of drug-likeness (QED) is 0.690. The largest absolute Gasteiger partial charge is 0.478 e. The molecule has 0 aliphatic heterocycles. The zero-order valence-corrected chi connectivity index (χ0v) is 11.2. The van der Waals surface area contributed by atoms with Gasteiger partial charge >= 0.3 is 5.97 Å². The van der Waals surface area contributed by atoms with Crippen LogP contribution < -0.4 is 11.1 Å². The average Bonchev–Trinajstić information content (AvgIpc) is 2.36. The summed E-state index contributed by atoms with van der Waals surface area (Å²) in [4.78, 5) is 33.4. The average molecular weight is 276 g/mol. The van der Waals surface area contributed by atoms with Crippen molar-refractivity contribution in [2.45, 2.75) is 19.4 Å². The number of aliphatic carboxylic acids is 1. The molecule has 1 aromatic rings. The van der Waals surface area contributed by atoms with Crippen LogP contribution >= 0.6 is 0 Å². The van der Waals surface area contributed by atoms with E-state index in [1.54, 1.807) is 12.1 Å². The second kappa shape index (κ2) is 6.01. The molecule has 0 saturated heterocycles. The summed E-state index contributed by atoms with van der Waals surface area (Å²) in [6.07, 6.45) is 2.42. The third kappa shape index (κ3) is 4.24. The minimum absolute atomic E-state index is 0.354. The van der Waals surface area contributed by atoms with Crippen LogP contribution in [-0.2, 0) is 9.59 Å². The standard InChI is InChI=1S/C14H16N2O4/c1-14(2,13(15)20)16-12(19)10-6-3-9(4-7-10)5-8-11(17)18/h3-8H,1-2H3,(H2,15,20)(H,16,19)(H,17,18). The first-order chi connectivity index (χ1) is 9.22. The Labute approximate surface area is 116 Å². The van der Waals surface area contributed by atoms with Crippen LogP contribution in [0.3, 0.4) is 0 Å². The van der Waals surface area contributed by atoms with Crippen LogP contribution in [0.2, 0.25) is 0 Å². The fraction of sp³-hybridized carbons (Fsp3) is 0.214. The summed E-state index contributed by atoms with van der Waals surface area (Å²) < 4.78 is 0. The minimum Gasteiger partial charge on any atom is -0.478 e. The Morgan fingerprint density at radius 3 is 2.20 bits per heavy atom. The van der Waals surface area contributed by atoms with Crippen LogP contribution in [0.1, 0.15) is 29.8 Å². The van der Waals surface area contributed by atoms with E-state index in [1.807, 2.05) is 0 Å². The smallest absolute Gasteiger partial charge is 0.328 e. The van der Waals surface area contributed by atoms with E-state index in [2.05, 4.69) is 5.32 Å². The summed E-state index contributed by atoms with van der Waals surface area (Å²) in [7, 11) is 0. The Morgan fingerprint density at radius 1 is 1.20 bits per heavy atom. The Bertz CT molecular complexity index is 559. The van der Waals surface area contributed by atoms with Crippen molar-refractivity contribution in [3.8, 4) is 0 Å². The van der Waals surface area contributed by atoms with E-state index in [0.717, 1.165) is 6.08 Å². The van der Waals surface area contributed by atoms with Gasteiger partial charge in [-0.05, 0) is 37.6 Å². The predicted molar refractivity (Wildman–Crippen MR) is 73.9 cm³/mol. The first kappa shape index (κ1) is 15.4. The molecule has 0 saturated carbocycles. The van der Waals surface area contributed by atoms with Crippen molar-refractivity contribution in [2.24, 2.45) is 5.73 Å². The number of hydrogen-bond acceptors (Lipinski definition) is 3. The van der Waals surface area contributed by atoms with Gasteiger partial charge in [-0.3, -0.25) is 9.59 Å². The molecule has 20 heavy (non-hydrogen) atoms. The van der Waals surface area contributed by atoms with Crippen LogP contribution in [0.25, 0.3) is 6.08 Å². The topological polar surface area (TPSA) is 109 Å². The lowest BCUT2D eigenvalue weighted by molar-refractivity contribution is -0.131. The molecule has 4 N–H and O–H groups in total. The summed E-state index contributed by atoms with van der Waals surface area (Å²) in [5.41, 5.74) is 5.03. The summed E-state index contributed by atoms with van der Waals surface area (Å²) in [6.45, 7) is 3.02. The van der Waals surface area contributed by atoms with E-state index >= 15 is 0 Å². The Hall–Kier alpha value is -2.63. The highest BCUT2D eigenvalue weighted by Gasteiger charge is 2.27. The minimum atomic E-state index is -1.14. The molecule has 6 heteroatoms. The molecule has 0 fully saturated rings. The number of carbonyl (C=O) groups is 3. The number of benzene rings is 1. The fourth-order valence-electron chi connectivity index (χ4n) is 1.33. The molecule has 6 nitrogen and oxygen atoms in total. The van der Waals surface area contributed by atoms with Crippen molar-refractivity contribution in [3.63, 3.8) is 0 Å². The van der Waals surface area contributed by atoms with E-state index in [0.29, 0.717) is 11.1 Å². The summed E-state index contributed by atoms with van der Waals surface area (Å²) in [5.74, 6) is -2.11. The van der Waals surface area contributed by atoms with Crippen molar-refractivity contribution in [2.75, 3.05) is 0 Å². The van der Waals surface area contributed by atoms with Gasteiger partial charge in [0.15, 0.2) is 0 Å². The molecule has 2 amide bonds. The first-order valence-electron chi connectivity index (χ1n) is 5.86.